The lowest BCUT2D eigenvalue weighted by Gasteiger charge is -2.33. The Kier molecular flexibility index (Phi) is 8.79. The molecule has 3 N–H and O–H groups in total. The van der Waals surface area contributed by atoms with Crippen LogP contribution in [0.1, 0.15) is 38.2 Å². The van der Waals surface area contributed by atoms with Gasteiger partial charge in [-0.2, -0.15) is 0 Å². The Hall–Kier alpha value is -1.59. The van der Waals surface area contributed by atoms with E-state index in [1.807, 2.05) is 37.3 Å². The van der Waals surface area contributed by atoms with E-state index in [0.29, 0.717) is 19.4 Å². The number of piperidine rings is 1. The molecule has 2 unspecified atom stereocenters. The Labute approximate surface area is 150 Å². The average Bonchev–Trinajstić information content (AvgIpc) is 2.54. The third-order valence-corrected chi connectivity index (χ3v) is 4.19. The van der Waals surface area contributed by atoms with Crippen LogP contribution in [0.4, 0.5) is 0 Å². The third-order valence-electron chi connectivity index (χ3n) is 4.19. The molecule has 0 saturated carbocycles. The first kappa shape index (κ1) is 20.5. The van der Waals surface area contributed by atoms with E-state index in [9.17, 15) is 9.59 Å². The molecule has 0 aliphatic carbocycles. The minimum absolute atomic E-state index is 0. The highest BCUT2D eigenvalue weighted by molar-refractivity contribution is 5.88. The van der Waals surface area contributed by atoms with Crippen molar-refractivity contribution in [3.8, 4) is 0 Å². The van der Waals surface area contributed by atoms with E-state index in [1.165, 1.54) is 0 Å². The third kappa shape index (κ3) is 6.13. The van der Waals surface area contributed by atoms with Crippen molar-refractivity contribution in [2.75, 3.05) is 13.1 Å². The van der Waals surface area contributed by atoms with E-state index in [1.54, 1.807) is 4.90 Å². The molecule has 2 rings (SSSR count). The number of nitrogens with one attached hydrogen (secondary N) is 1. The van der Waals surface area contributed by atoms with Crippen LogP contribution in [0.25, 0.3) is 0 Å². The van der Waals surface area contributed by atoms with E-state index < -0.39 is 6.04 Å². The Balaban J connectivity index is 0.00000288. The number of likely N-dealkylation sites (tertiary alicyclic amines) is 1. The van der Waals surface area contributed by atoms with Crippen molar-refractivity contribution in [2.24, 2.45) is 5.73 Å². The van der Waals surface area contributed by atoms with Gasteiger partial charge in [-0.25, -0.2) is 0 Å². The number of halogens is 1. The number of hydrogen-bond acceptors (Lipinski definition) is 3. The van der Waals surface area contributed by atoms with Gasteiger partial charge in [0, 0.05) is 19.1 Å². The van der Waals surface area contributed by atoms with Crippen LogP contribution in [0.15, 0.2) is 30.3 Å². The lowest BCUT2D eigenvalue weighted by atomic mass is 10.0. The Bertz CT molecular complexity index is 524. The number of benzene rings is 1. The summed E-state index contributed by atoms with van der Waals surface area (Å²) in [4.78, 5) is 26.7. The van der Waals surface area contributed by atoms with E-state index in [-0.39, 0.29) is 30.3 Å². The average molecular weight is 354 g/mol. The Morgan fingerprint density at radius 2 is 2.04 bits per heavy atom. The van der Waals surface area contributed by atoms with Crippen molar-refractivity contribution >= 4 is 24.2 Å². The van der Waals surface area contributed by atoms with Gasteiger partial charge in [0.1, 0.15) is 6.04 Å². The topological polar surface area (TPSA) is 75.4 Å². The molecular formula is C18H28ClN3O2. The second kappa shape index (κ2) is 10.3. The Morgan fingerprint density at radius 1 is 1.33 bits per heavy atom. The number of rotatable bonds is 6. The summed E-state index contributed by atoms with van der Waals surface area (Å²) in [5.41, 5.74) is 6.91. The summed E-state index contributed by atoms with van der Waals surface area (Å²) in [5, 5.41) is 2.91. The first-order valence-electron chi connectivity index (χ1n) is 8.47. The maximum Gasteiger partial charge on any atom is 0.245 e. The maximum absolute atomic E-state index is 12.7. The lowest BCUT2D eigenvalue weighted by molar-refractivity contribution is -0.137. The van der Waals surface area contributed by atoms with E-state index in [2.05, 4.69) is 5.32 Å². The van der Waals surface area contributed by atoms with Gasteiger partial charge in [0.25, 0.3) is 0 Å². The highest BCUT2D eigenvalue weighted by Gasteiger charge is 2.28. The van der Waals surface area contributed by atoms with Gasteiger partial charge in [0.2, 0.25) is 11.8 Å². The lowest BCUT2D eigenvalue weighted by Crippen LogP contribution is -2.53. The maximum atomic E-state index is 12.7. The summed E-state index contributed by atoms with van der Waals surface area (Å²) in [6, 6.07) is 9.18. The zero-order valence-electron chi connectivity index (χ0n) is 14.2. The molecule has 5 nitrogen and oxygen atoms in total. The summed E-state index contributed by atoms with van der Waals surface area (Å²) < 4.78 is 0. The highest BCUT2D eigenvalue weighted by Crippen LogP contribution is 2.12. The van der Waals surface area contributed by atoms with Gasteiger partial charge in [-0.15, -0.1) is 12.4 Å². The first-order valence-corrected chi connectivity index (χ1v) is 8.47. The number of nitrogens with two attached hydrogens (primary N) is 1. The summed E-state index contributed by atoms with van der Waals surface area (Å²) in [6.07, 6.45) is 3.70. The molecule has 0 bridgehead atoms. The zero-order valence-corrected chi connectivity index (χ0v) is 15.1. The molecule has 1 aliphatic rings. The van der Waals surface area contributed by atoms with Crippen LogP contribution in [0.2, 0.25) is 0 Å². The highest BCUT2D eigenvalue weighted by atomic mass is 35.5. The minimum atomic E-state index is -0.443. The molecule has 1 aromatic rings. The zero-order chi connectivity index (χ0) is 16.7. The van der Waals surface area contributed by atoms with E-state index in [0.717, 1.165) is 31.4 Å². The summed E-state index contributed by atoms with van der Waals surface area (Å²) >= 11 is 0. The van der Waals surface area contributed by atoms with Gasteiger partial charge in [0.15, 0.2) is 0 Å². The first-order chi connectivity index (χ1) is 11.1. The molecule has 6 heteroatoms. The van der Waals surface area contributed by atoms with Crippen LogP contribution in [-0.2, 0) is 16.0 Å². The van der Waals surface area contributed by atoms with Crippen molar-refractivity contribution < 1.29 is 9.59 Å². The SMILES string of the molecule is CCCC(NC(=O)Cc1ccccc1)C(=O)N1CCCC(N)C1.Cl. The van der Waals surface area contributed by atoms with Gasteiger partial charge < -0.3 is 16.0 Å². The molecule has 1 heterocycles. The van der Waals surface area contributed by atoms with Gasteiger partial charge in [-0.1, -0.05) is 43.7 Å². The second-order valence-electron chi connectivity index (χ2n) is 6.26. The van der Waals surface area contributed by atoms with Crippen LogP contribution in [0, 0.1) is 0 Å². The largest absolute Gasteiger partial charge is 0.344 e. The van der Waals surface area contributed by atoms with Crippen molar-refractivity contribution in [3.63, 3.8) is 0 Å². The molecule has 2 amide bonds. The van der Waals surface area contributed by atoms with Crippen LogP contribution >= 0.6 is 12.4 Å². The van der Waals surface area contributed by atoms with E-state index in [4.69, 9.17) is 5.73 Å². The number of nitrogens with zero attached hydrogens (tertiary/aromatic N) is 1. The summed E-state index contributed by atoms with van der Waals surface area (Å²) in [6.45, 7) is 3.35. The van der Waals surface area contributed by atoms with Crippen LogP contribution in [-0.4, -0.2) is 41.9 Å². The second-order valence-corrected chi connectivity index (χ2v) is 6.26. The number of carbonyl (C=O) groups excluding carboxylic acids is 2. The predicted molar refractivity (Wildman–Crippen MR) is 98.0 cm³/mol. The molecule has 134 valence electrons. The molecule has 0 aromatic heterocycles. The van der Waals surface area contributed by atoms with Crippen molar-refractivity contribution in [2.45, 2.75) is 51.1 Å². The molecule has 1 aliphatic heterocycles. The Morgan fingerprint density at radius 3 is 2.67 bits per heavy atom. The normalized spacial score (nSPS) is 18.4. The van der Waals surface area contributed by atoms with Crippen LogP contribution in [0.3, 0.4) is 0 Å². The molecule has 1 saturated heterocycles. The predicted octanol–water partition coefficient (Wildman–Crippen LogP) is 1.89. The van der Waals surface area contributed by atoms with Crippen molar-refractivity contribution in [1.82, 2.24) is 10.2 Å². The molecule has 2 atom stereocenters. The number of hydrogen-bond donors (Lipinski definition) is 2. The van der Waals surface area contributed by atoms with Crippen LogP contribution < -0.4 is 11.1 Å². The van der Waals surface area contributed by atoms with E-state index >= 15 is 0 Å². The molecule has 24 heavy (non-hydrogen) atoms. The van der Waals surface area contributed by atoms with Crippen LogP contribution in [0.5, 0.6) is 0 Å². The molecular weight excluding hydrogens is 326 g/mol. The molecule has 0 radical (unpaired) electrons. The minimum Gasteiger partial charge on any atom is -0.344 e. The van der Waals surface area contributed by atoms with Crippen molar-refractivity contribution in [3.05, 3.63) is 35.9 Å². The fourth-order valence-electron chi connectivity index (χ4n) is 3.00. The smallest absolute Gasteiger partial charge is 0.245 e. The fraction of sp³-hybridized carbons (Fsp3) is 0.556. The number of carbonyl (C=O) groups is 2. The molecule has 1 fully saturated rings. The molecule has 0 spiro atoms. The monoisotopic (exact) mass is 353 g/mol. The summed E-state index contributed by atoms with van der Waals surface area (Å²) in [5.74, 6) is -0.104. The summed E-state index contributed by atoms with van der Waals surface area (Å²) in [7, 11) is 0. The van der Waals surface area contributed by atoms with Crippen molar-refractivity contribution in [1.29, 1.82) is 0 Å². The van der Waals surface area contributed by atoms with Gasteiger partial charge in [0.05, 0.1) is 6.42 Å². The van der Waals surface area contributed by atoms with Gasteiger partial charge in [-0.05, 0) is 24.8 Å². The standard InChI is InChI=1S/C18H27N3O2.ClH/c1-2-7-16(18(23)21-11-6-10-15(19)13-21)20-17(22)12-14-8-4-3-5-9-14;/h3-5,8-9,15-16H,2,6-7,10-13,19H2,1H3,(H,20,22);1H. The quantitative estimate of drug-likeness (QED) is 0.820. The van der Waals surface area contributed by atoms with Gasteiger partial charge in [-0.3, -0.25) is 9.59 Å². The number of amides is 2. The molecule has 1 aromatic carbocycles. The van der Waals surface area contributed by atoms with Gasteiger partial charge >= 0.3 is 0 Å². The fourth-order valence-corrected chi connectivity index (χ4v) is 3.00.